The van der Waals surface area contributed by atoms with Crippen LogP contribution < -0.4 is 0 Å². The summed E-state index contributed by atoms with van der Waals surface area (Å²) in [7, 11) is 0. The second-order valence-electron chi connectivity index (χ2n) is 7.71. The molecule has 0 spiro atoms. The lowest BCUT2D eigenvalue weighted by molar-refractivity contribution is -0.141. The summed E-state index contributed by atoms with van der Waals surface area (Å²) in [5, 5.41) is 4.22. The molecular weight excluding hydrogens is 452 g/mol. The van der Waals surface area contributed by atoms with E-state index in [1.165, 1.54) is 17.2 Å². The van der Waals surface area contributed by atoms with Gasteiger partial charge in [0.15, 0.2) is 0 Å². The zero-order chi connectivity index (χ0) is 24.0. The maximum atomic E-state index is 13.1. The Bertz CT molecular complexity index is 1190. The van der Waals surface area contributed by atoms with Crippen LogP contribution >= 0.6 is 0 Å². The molecule has 0 saturated carbocycles. The summed E-state index contributed by atoms with van der Waals surface area (Å²) < 4.78 is 79.6. The standard InChI is InChI=1S/C21H17F6N5O/c1-12-10-32-17(15(9-30-32)16-8-14(3-5-28-16)20(22,23)24)11-31(12)19(33)7-13-2-4-29-18(6-13)21(25,26)27/h2-6,8-9,12H,7,10-11H2,1H3. The molecule has 1 atom stereocenters. The molecule has 0 aliphatic carbocycles. The number of pyridine rings is 2. The normalized spacial score (nSPS) is 16.6. The van der Waals surface area contributed by atoms with E-state index in [2.05, 4.69) is 15.1 Å². The summed E-state index contributed by atoms with van der Waals surface area (Å²) in [6, 6.07) is 3.62. The van der Waals surface area contributed by atoms with Gasteiger partial charge < -0.3 is 4.90 Å². The third-order valence-corrected chi connectivity index (χ3v) is 5.39. The molecule has 1 unspecified atom stereocenters. The van der Waals surface area contributed by atoms with Gasteiger partial charge in [0.2, 0.25) is 5.91 Å². The van der Waals surface area contributed by atoms with Gasteiger partial charge in [-0.25, -0.2) is 0 Å². The molecule has 4 heterocycles. The number of rotatable bonds is 3. The summed E-state index contributed by atoms with van der Waals surface area (Å²) in [5.74, 6) is -0.419. The van der Waals surface area contributed by atoms with Gasteiger partial charge in [-0.1, -0.05) is 0 Å². The molecule has 0 N–H and O–H groups in total. The molecular formula is C21H17F6N5O. The Morgan fingerprint density at radius 3 is 2.48 bits per heavy atom. The highest BCUT2D eigenvalue weighted by Crippen LogP contribution is 2.33. The van der Waals surface area contributed by atoms with E-state index in [-0.39, 0.29) is 36.8 Å². The molecule has 3 aromatic heterocycles. The van der Waals surface area contributed by atoms with Crippen LogP contribution in [0, 0.1) is 0 Å². The highest BCUT2D eigenvalue weighted by atomic mass is 19.4. The van der Waals surface area contributed by atoms with Crippen LogP contribution in [0.2, 0.25) is 0 Å². The number of hydrogen-bond donors (Lipinski definition) is 0. The largest absolute Gasteiger partial charge is 0.433 e. The van der Waals surface area contributed by atoms with Crippen LogP contribution in [-0.2, 0) is 36.7 Å². The van der Waals surface area contributed by atoms with Crippen LogP contribution in [0.15, 0.2) is 42.9 Å². The number of amides is 1. The minimum atomic E-state index is -4.63. The number of aromatic nitrogens is 4. The second kappa shape index (κ2) is 8.16. The van der Waals surface area contributed by atoms with Crippen molar-refractivity contribution >= 4 is 5.91 Å². The average Bonchev–Trinajstić information content (AvgIpc) is 3.15. The Balaban J connectivity index is 1.59. The number of carbonyl (C=O) groups is 1. The van der Waals surface area contributed by atoms with Crippen molar-refractivity contribution in [3.05, 3.63) is 65.4 Å². The number of fused-ring (bicyclic) bond motifs is 1. The molecule has 1 aliphatic heterocycles. The number of carbonyl (C=O) groups excluding carboxylic acids is 1. The molecule has 3 aromatic rings. The maximum Gasteiger partial charge on any atom is 0.433 e. The van der Waals surface area contributed by atoms with Crippen molar-refractivity contribution in [2.45, 2.75) is 44.8 Å². The first-order valence-electron chi connectivity index (χ1n) is 9.83. The lowest BCUT2D eigenvalue weighted by atomic mass is 10.1. The molecule has 0 aromatic carbocycles. The van der Waals surface area contributed by atoms with Crippen molar-refractivity contribution in [2.24, 2.45) is 0 Å². The van der Waals surface area contributed by atoms with Crippen molar-refractivity contribution < 1.29 is 31.1 Å². The maximum absolute atomic E-state index is 13.1. The van der Waals surface area contributed by atoms with Crippen LogP contribution in [0.3, 0.4) is 0 Å². The fraction of sp³-hybridized carbons (Fsp3) is 0.333. The van der Waals surface area contributed by atoms with Crippen LogP contribution in [0.4, 0.5) is 26.3 Å². The van der Waals surface area contributed by atoms with E-state index in [9.17, 15) is 31.1 Å². The molecule has 6 nitrogen and oxygen atoms in total. The van der Waals surface area contributed by atoms with Gasteiger partial charge in [-0.3, -0.25) is 19.4 Å². The summed E-state index contributed by atoms with van der Waals surface area (Å²) >= 11 is 0. The quantitative estimate of drug-likeness (QED) is 0.535. The average molecular weight is 469 g/mol. The van der Waals surface area contributed by atoms with Gasteiger partial charge in [0.25, 0.3) is 0 Å². The molecule has 1 amide bonds. The van der Waals surface area contributed by atoms with Gasteiger partial charge in [-0.15, -0.1) is 0 Å². The van der Waals surface area contributed by atoms with Crippen molar-refractivity contribution in [3.8, 4) is 11.3 Å². The van der Waals surface area contributed by atoms with Crippen LogP contribution in [-0.4, -0.2) is 36.6 Å². The first-order chi connectivity index (χ1) is 15.4. The third kappa shape index (κ3) is 4.69. The molecule has 4 rings (SSSR count). The summed E-state index contributed by atoms with van der Waals surface area (Å²) in [5.41, 5.74) is -0.864. The predicted molar refractivity (Wildman–Crippen MR) is 103 cm³/mol. The molecule has 174 valence electrons. The number of alkyl halides is 6. The van der Waals surface area contributed by atoms with Crippen molar-refractivity contribution in [3.63, 3.8) is 0 Å². The molecule has 33 heavy (non-hydrogen) atoms. The SMILES string of the molecule is CC1Cn2ncc(-c3cc(C(F)(F)F)ccn3)c2CN1C(=O)Cc1ccnc(C(F)(F)F)c1. The van der Waals surface area contributed by atoms with E-state index >= 15 is 0 Å². The number of nitrogens with zero attached hydrogens (tertiary/aromatic N) is 5. The molecule has 0 bridgehead atoms. The third-order valence-electron chi connectivity index (χ3n) is 5.39. The Kier molecular flexibility index (Phi) is 5.62. The van der Waals surface area contributed by atoms with E-state index in [1.54, 1.807) is 11.6 Å². The Hall–Kier alpha value is -3.44. The zero-order valence-electron chi connectivity index (χ0n) is 17.2. The Labute approximate surface area is 183 Å². The second-order valence-corrected chi connectivity index (χ2v) is 7.71. The van der Waals surface area contributed by atoms with Gasteiger partial charge in [-0.05, 0) is 36.8 Å². The van der Waals surface area contributed by atoms with Crippen molar-refractivity contribution in [1.29, 1.82) is 0 Å². The highest BCUT2D eigenvalue weighted by Gasteiger charge is 2.34. The minimum Gasteiger partial charge on any atom is -0.332 e. The fourth-order valence-corrected chi connectivity index (χ4v) is 3.72. The van der Waals surface area contributed by atoms with Crippen molar-refractivity contribution in [2.75, 3.05) is 0 Å². The number of hydrogen-bond acceptors (Lipinski definition) is 4. The lowest BCUT2D eigenvalue weighted by Gasteiger charge is -2.34. The molecule has 0 radical (unpaired) electrons. The Morgan fingerprint density at radius 2 is 1.79 bits per heavy atom. The van der Waals surface area contributed by atoms with Crippen molar-refractivity contribution in [1.82, 2.24) is 24.6 Å². The summed E-state index contributed by atoms with van der Waals surface area (Å²) in [4.78, 5) is 21.7. The number of halogens is 6. The topological polar surface area (TPSA) is 63.9 Å². The molecule has 12 heteroatoms. The van der Waals surface area contributed by atoms with E-state index in [4.69, 9.17) is 0 Å². The monoisotopic (exact) mass is 469 g/mol. The van der Waals surface area contributed by atoms with Gasteiger partial charge in [0.1, 0.15) is 5.69 Å². The molecule has 0 saturated heterocycles. The van der Waals surface area contributed by atoms with Gasteiger partial charge in [0.05, 0.1) is 42.7 Å². The first kappa shape index (κ1) is 22.7. The van der Waals surface area contributed by atoms with Gasteiger partial charge >= 0.3 is 12.4 Å². The lowest BCUT2D eigenvalue weighted by Crippen LogP contribution is -2.45. The van der Waals surface area contributed by atoms with Crippen LogP contribution in [0.1, 0.15) is 29.4 Å². The van der Waals surface area contributed by atoms with Gasteiger partial charge in [0, 0.05) is 24.0 Å². The molecule has 0 fully saturated rings. The Morgan fingerprint density at radius 1 is 1.06 bits per heavy atom. The molecule has 1 aliphatic rings. The first-order valence-corrected chi connectivity index (χ1v) is 9.83. The van der Waals surface area contributed by atoms with E-state index in [1.807, 2.05) is 0 Å². The van der Waals surface area contributed by atoms with E-state index in [0.717, 1.165) is 30.6 Å². The van der Waals surface area contributed by atoms with Gasteiger partial charge in [-0.2, -0.15) is 31.4 Å². The highest BCUT2D eigenvalue weighted by molar-refractivity contribution is 5.79. The fourth-order valence-electron chi connectivity index (χ4n) is 3.72. The van der Waals surface area contributed by atoms with Crippen LogP contribution in [0.5, 0.6) is 0 Å². The summed E-state index contributed by atoms with van der Waals surface area (Å²) in [6.45, 7) is 2.08. The smallest absolute Gasteiger partial charge is 0.332 e. The summed E-state index contributed by atoms with van der Waals surface area (Å²) in [6.07, 6.45) is -5.99. The van der Waals surface area contributed by atoms with E-state index in [0.29, 0.717) is 11.3 Å². The van der Waals surface area contributed by atoms with Crippen LogP contribution in [0.25, 0.3) is 11.3 Å². The zero-order valence-corrected chi connectivity index (χ0v) is 17.2. The minimum absolute atomic E-state index is 0.0322. The predicted octanol–water partition coefficient (Wildman–Crippen LogP) is 4.35. The van der Waals surface area contributed by atoms with E-state index < -0.39 is 29.5 Å².